The predicted octanol–water partition coefficient (Wildman–Crippen LogP) is 1.54. The van der Waals surface area contributed by atoms with Crippen LogP contribution in [-0.4, -0.2) is 32.1 Å². The summed E-state index contributed by atoms with van der Waals surface area (Å²) >= 11 is 0. The Balaban J connectivity index is 2.26. The molecule has 0 bridgehead atoms. The van der Waals surface area contributed by atoms with Gasteiger partial charge in [-0.3, -0.25) is 0 Å². The van der Waals surface area contributed by atoms with Crippen molar-refractivity contribution < 1.29 is 9.53 Å². The highest BCUT2D eigenvalue weighted by Gasteiger charge is 2.14. The van der Waals surface area contributed by atoms with Crippen molar-refractivity contribution in [3.8, 4) is 0 Å². The van der Waals surface area contributed by atoms with Gasteiger partial charge in [0.15, 0.2) is 0 Å². The highest BCUT2D eigenvalue weighted by molar-refractivity contribution is 5.57. The van der Waals surface area contributed by atoms with E-state index in [9.17, 15) is 4.79 Å². The van der Waals surface area contributed by atoms with Crippen LogP contribution in [0.5, 0.6) is 0 Å². The standard InChI is InChI=1S/C12H21NO2/c1-10(2)7-11(9-14)8-13-12-3-5-15-6-4-12/h7,9,11-13H,3-6,8H2,1-2H3. The average Bonchev–Trinajstić information content (AvgIpc) is 2.25. The van der Waals surface area contributed by atoms with Gasteiger partial charge in [0, 0.05) is 31.7 Å². The van der Waals surface area contributed by atoms with E-state index >= 15 is 0 Å². The maximum atomic E-state index is 10.8. The van der Waals surface area contributed by atoms with Crippen molar-refractivity contribution >= 4 is 6.29 Å². The summed E-state index contributed by atoms with van der Waals surface area (Å²) in [5, 5.41) is 3.42. The molecule has 15 heavy (non-hydrogen) atoms. The average molecular weight is 211 g/mol. The van der Waals surface area contributed by atoms with E-state index in [1.54, 1.807) is 0 Å². The summed E-state index contributed by atoms with van der Waals surface area (Å²) in [6.45, 7) is 6.47. The van der Waals surface area contributed by atoms with Crippen molar-refractivity contribution in [2.45, 2.75) is 32.7 Å². The Kier molecular flexibility index (Phi) is 5.58. The van der Waals surface area contributed by atoms with Crippen molar-refractivity contribution in [1.82, 2.24) is 5.32 Å². The Labute approximate surface area is 91.9 Å². The van der Waals surface area contributed by atoms with Gasteiger partial charge in [-0.05, 0) is 26.7 Å². The third-order valence-electron chi connectivity index (χ3n) is 2.59. The second kappa shape index (κ2) is 6.75. The van der Waals surface area contributed by atoms with Gasteiger partial charge in [0.1, 0.15) is 6.29 Å². The summed E-state index contributed by atoms with van der Waals surface area (Å²) in [5.74, 6) is 0.0119. The van der Waals surface area contributed by atoms with Crippen LogP contribution in [0.2, 0.25) is 0 Å². The molecule has 1 aliphatic heterocycles. The van der Waals surface area contributed by atoms with E-state index in [0.717, 1.165) is 38.9 Å². The third kappa shape index (κ3) is 5.09. The minimum Gasteiger partial charge on any atom is -0.381 e. The fourth-order valence-electron chi connectivity index (χ4n) is 1.78. The van der Waals surface area contributed by atoms with Crippen LogP contribution in [0.4, 0.5) is 0 Å². The number of hydrogen-bond acceptors (Lipinski definition) is 3. The lowest BCUT2D eigenvalue weighted by Gasteiger charge is -2.24. The molecule has 3 heteroatoms. The Morgan fingerprint density at radius 1 is 1.47 bits per heavy atom. The Bertz CT molecular complexity index is 216. The summed E-state index contributed by atoms with van der Waals surface area (Å²) in [7, 11) is 0. The quantitative estimate of drug-likeness (QED) is 0.553. The molecule has 0 aliphatic carbocycles. The van der Waals surface area contributed by atoms with Crippen LogP contribution in [0.1, 0.15) is 26.7 Å². The summed E-state index contributed by atoms with van der Waals surface area (Å²) in [6, 6.07) is 0.520. The molecule has 1 atom stereocenters. The number of rotatable bonds is 5. The van der Waals surface area contributed by atoms with Crippen molar-refractivity contribution in [1.29, 1.82) is 0 Å². The molecule has 0 aromatic heterocycles. The van der Waals surface area contributed by atoms with E-state index < -0.39 is 0 Å². The lowest BCUT2D eigenvalue weighted by atomic mass is 10.1. The van der Waals surface area contributed by atoms with Gasteiger partial charge in [0.25, 0.3) is 0 Å². The second-order valence-corrected chi connectivity index (χ2v) is 4.34. The molecule has 0 aromatic rings. The summed E-state index contributed by atoms with van der Waals surface area (Å²) < 4.78 is 5.28. The number of nitrogens with one attached hydrogen (secondary N) is 1. The van der Waals surface area contributed by atoms with E-state index in [1.165, 1.54) is 5.57 Å². The molecule has 0 aromatic carbocycles. The second-order valence-electron chi connectivity index (χ2n) is 4.34. The lowest BCUT2D eigenvalue weighted by Crippen LogP contribution is -2.37. The van der Waals surface area contributed by atoms with E-state index in [4.69, 9.17) is 4.74 Å². The molecule has 1 saturated heterocycles. The van der Waals surface area contributed by atoms with Gasteiger partial charge < -0.3 is 14.8 Å². The third-order valence-corrected chi connectivity index (χ3v) is 2.59. The smallest absolute Gasteiger partial charge is 0.128 e. The maximum Gasteiger partial charge on any atom is 0.128 e. The normalized spacial score (nSPS) is 19.6. The van der Waals surface area contributed by atoms with E-state index in [1.807, 2.05) is 19.9 Å². The molecular formula is C12H21NO2. The van der Waals surface area contributed by atoms with E-state index in [0.29, 0.717) is 6.04 Å². The first kappa shape index (κ1) is 12.4. The number of carbonyl (C=O) groups excluding carboxylic acids is 1. The topological polar surface area (TPSA) is 38.3 Å². The molecule has 3 nitrogen and oxygen atoms in total. The minimum atomic E-state index is 0.0119. The maximum absolute atomic E-state index is 10.8. The zero-order valence-electron chi connectivity index (χ0n) is 9.66. The molecule has 0 amide bonds. The predicted molar refractivity (Wildman–Crippen MR) is 60.8 cm³/mol. The number of allylic oxidation sites excluding steroid dienone is 1. The van der Waals surface area contributed by atoms with Crippen LogP contribution < -0.4 is 5.32 Å². The molecule has 1 aliphatic rings. The van der Waals surface area contributed by atoms with Crippen molar-refractivity contribution in [3.05, 3.63) is 11.6 Å². The summed E-state index contributed by atoms with van der Waals surface area (Å²) in [4.78, 5) is 10.8. The molecule has 1 heterocycles. The van der Waals surface area contributed by atoms with Gasteiger partial charge in [-0.2, -0.15) is 0 Å². The van der Waals surface area contributed by atoms with E-state index in [2.05, 4.69) is 5.32 Å². The fourth-order valence-corrected chi connectivity index (χ4v) is 1.78. The fraction of sp³-hybridized carbons (Fsp3) is 0.750. The number of aldehydes is 1. The van der Waals surface area contributed by atoms with Crippen molar-refractivity contribution in [2.24, 2.45) is 5.92 Å². The van der Waals surface area contributed by atoms with Gasteiger partial charge in [-0.1, -0.05) is 11.6 Å². The Hall–Kier alpha value is -0.670. The molecule has 0 radical (unpaired) electrons. The first-order valence-corrected chi connectivity index (χ1v) is 5.64. The van der Waals surface area contributed by atoms with Crippen LogP contribution in [-0.2, 0) is 9.53 Å². The molecular weight excluding hydrogens is 190 g/mol. The first-order valence-electron chi connectivity index (χ1n) is 5.64. The zero-order chi connectivity index (χ0) is 11.1. The SMILES string of the molecule is CC(C)=CC(C=O)CNC1CCOCC1. The zero-order valence-corrected chi connectivity index (χ0v) is 9.66. The number of hydrogen-bond donors (Lipinski definition) is 1. The van der Waals surface area contributed by atoms with E-state index in [-0.39, 0.29) is 5.92 Å². The minimum absolute atomic E-state index is 0.0119. The largest absolute Gasteiger partial charge is 0.381 e. The van der Waals surface area contributed by atoms with Crippen molar-refractivity contribution in [3.63, 3.8) is 0 Å². The van der Waals surface area contributed by atoms with Crippen LogP contribution in [0.15, 0.2) is 11.6 Å². The monoisotopic (exact) mass is 211 g/mol. The van der Waals surface area contributed by atoms with Gasteiger partial charge in [-0.25, -0.2) is 0 Å². The van der Waals surface area contributed by atoms with Gasteiger partial charge in [-0.15, -0.1) is 0 Å². The summed E-state index contributed by atoms with van der Waals surface area (Å²) in [5.41, 5.74) is 1.20. The Morgan fingerprint density at radius 2 is 2.13 bits per heavy atom. The molecule has 1 N–H and O–H groups in total. The van der Waals surface area contributed by atoms with Crippen LogP contribution in [0, 0.1) is 5.92 Å². The van der Waals surface area contributed by atoms with Crippen LogP contribution in [0.25, 0.3) is 0 Å². The molecule has 86 valence electrons. The number of ether oxygens (including phenoxy) is 1. The van der Waals surface area contributed by atoms with Gasteiger partial charge in [0.05, 0.1) is 0 Å². The summed E-state index contributed by atoms with van der Waals surface area (Å²) in [6.07, 6.45) is 5.14. The van der Waals surface area contributed by atoms with Crippen molar-refractivity contribution in [2.75, 3.05) is 19.8 Å². The molecule has 0 spiro atoms. The van der Waals surface area contributed by atoms with Gasteiger partial charge in [0.2, 0.25) is 0 Å². The molecule has 1 unspecified atom stereocenters. The molecule has 1 fully saturated rings. The Morgan fingerprint density at radius 3 is 2.67 bits per heavy atom. The lowest BCUT2D eigenvalue weighted by molar-refractivity contribution is -0.109. The molecule has 1 rings (SSSR count). The highest BCUT2D eigenvalue weighted by Crippen LogP contribution is 2.07. The molecule has 0 saturated carbocycles. The number of carbonyl (C=O) groups is 1. The first-order chi connectivity index (χ1) is 7.22. The van der Waals surface area contributed by atoms with Gasteiger partial charge >= 0.3 is 0 Å². The van der Waals surface area contributed by atoms with Crippen LogP contribution in [0.3, 0.4) is 0 Å². The van der Waals surface area contributed by atoms with Crippen LogP contribution >= 0.6 is 0 Å². The highest BCUT2D eigenvalue weighted by atomic mass is 16.5.